The summed E-state index contributed by atoms with van der Waals surface area (Å²) in [6.07, 6.45) is 73.4. The average molecular weight is 1460 g/mol. The van der Waals surface area contributed by atoms with Crippen LogP contribution in [-0.2, 0) is 65.4 Å². The van der Waals surface area contributed by atoms with Crippen LogP contribution in [0.4, 0.5) is 0 Å². The third kappa shape index (κ3) is 73.1. The monoisotopic (exact) mass is 1460 g/mol. The van der Waals surface area contributed by atoms with Crippen LogP contribution in [0.1, 0.15) is 374 Å². The molecule has 0 spiro atoms. The van der Waals surface area contributed by atoms with E-state index in [9.17, 15) is 43.2 Å². The summed E-state index contributed by atoms with van der Waals surface area (Å²) in [5.74, 6) is -2.21. The van der Waals surface area contributed by atoms with Gasteiger partial charge in [0, 0.05) is 25.7 Å². The normalized spacial score (nSPS) is 14.2. The van der Waals surface area contributed by atoms with Crippen LogP contribution in [0.15, 0.2) is 60.8 Å². The zero-order chi connectivity index (χ0) is 73.2. The van der Waals surface area contributed by atoms with E-state index in [1.807, 2.05) is 12.2 Å². The van der Waals surface area contributed by atoms with Gasteiger partial charge in [-0.15, -0.1) is 0 Å². The molecule has 0 aromatic heterocycles. The lowest BCUT2D eigenvalue weighted by molar-refractivity contribution is -0.161. The molecular weight excluding hydrogens is 1310 g/mol. The predicted octanol–water partition coefficient (Wildman–Crippen LogP) is 23.5. The fourth-order valence-electron chi connectivity index (χ4n) is 11.3. The lowest BCUT2D eigenvalue weighted by Crippen LogP contribution is -2.30. The van der Waals surface area contributed by atoms with E-state index in [-0.39, 0.29) is 25.7 Å². The predicted molar refractivity (Wildman–Crippen MR) is 409 cm³/mol. The molecule has 0 aliphatic carbocycles. The minimum Gasteiger partial charge on any atom is -0.462 e. The molecule has 0 aromatic rings. The summed E-state index contributed by atoms with van der Waals surface area (Å²) in [6, 6.07) is 0. The molecule has 584 valence electrons. The topological polar surface area (TPSA) is 237 Å². The van der Waals surface area contributed by atoms with E-state index in [2.05, 4.69) is 76.3 Å². The Morgan fingerprint density at radius 2 is 0.500 bits per heavy atom. The Balaban J connectivity index is 5.36. The van der Waals surface area contributed by atoms with Crippen molar-refractivity contribution in [2.24, 2.45) is 0 Å². The maximum Gasteiger partial charge on any atom is 0.472 e. The van der Waals surface area contributed by atoms with Gasteiger partial charge in [-0.2, -0.15) is 0 Å². The number of unbranched alkanes of at least 4 members (excludes halogenated alkanes) is 41. The second kappa shape index (κ2) is 74.0. The van der Waals surface area contributed by atoms with Gasteiger partial charge in [0.2, 0.25) is 0 Å². The molecule has 17 nitrogen and oxygen atoms in total. The number of aliphatic hydroxyl groups is 1. The van der Waals surface area contributed by atoms with Crippen LogP contribution in [0.25, 0.3) is 0 Å². The number of carbonyl (C=O) groups is 4. The van der Waals surface area contributed by atoms with Gasteiger partial charge in [0.1, 0.15) is 19.3 Å². The molecule has 0 saturated carbocycles. The molecule has 0 aliphatic rings. The van der Waals surface area contributed by atoms with Crippen LogP contribution in [-0.4, -0.2) is 96.7 Å². The summed E-state index contributed by atoms with van der Waals surface area (Å²) in [5, 5.41) is 10.6. The Hall–Kier alpha value is -3.24. The number of esters is 4. The van der Waals surface area contributed by atoms with Crippen molar-refractivity contribution >= 4 is 39.5 Å². The first-order valence-corrected chi connectivity index (χ1v) is 43.5. The summed E-state index contributed by atoms with van der Waals surface area (Å²) in [6.45, 7) is 4.85. The summed E-state index contributed by atoms with van der Waals surface area (Å²) in [4.78, 5) is 73.0. The van der Waals surface area contributed by atoms with Gasteiger partial charge in [0.15, 0.2) is 12.2 Å². The molecule has 0 amide bonds. The Labute approximate surface area is 610 Å². The lowest BCUT2D eigenvalue weighted by atomic mass is 10.0. The van der Waals surface area contributed by atoms with Gasteiger partial charge in [-0.3, -0.25) is 37.3 Å². The standard InChI is InChI=1S/C81H148O17P2/c1-5-9-13-17-21-25-29-33-36-37-40-43-46-50-54-58-62-66-79(84)92-71-76(97-80(85)67-63-59-55-51-47-41-32-28-24-20-16-12-8-4)73-95-99(87,88)93-69-75(82)70-94-100(89,90)96-74-77(98-81(86)68-64-60-56-52-48-44-39-35-31-27-23-19-15-11-7-3)72-91-78(83)65-61-57-53-49-45-42-38-34-30-26-22-18-14-10-6-2/h21,25,33,35-36,39-40,43,50,54,75-77,82H,5-20,22-24,26-32,34,37-38,41-42,44-49,51-53,55-74H2,1-4H3,(H,87,88)(H,89,90)/b25-21-,36-33-,39-35-,43-40-,54-50-/t75-,76+,77+/m0/s1. The van der Waals surface area contributed by atoms with Crippen molar-refractivity contribution in [3.8, 4) is 0 Å². The fourth-order valence-corrected chi connectivity index (χ4v) is 12.8. The zero-order valence-corrected chi connectivity index (χ0v) is 65.7. The van der Waals surface area contributed by atoms with E-state index >= 15 is 0 Å². The summed E-state index contributed by atoms with van der Waals surface area (Å²) < 4.78 is 68.6. The summed E-state index contributed by atoms with van der Waals surface area (Å²) >= 11 is 0. The minimum atomic E-state index is -4.98. The molecule has 0 aliphatic heterocycles. The largest absolute Gasteiger partial charge is 0.472 e. The molecular formula is C81H148O17P2. The number of phosphoric ester groups is 2. The van der Waals surface area contributed by atoms with Gasteiger partial charge < -0.3 is 33.8 Å². The van der Waals surface area contributed by atoms with Crippen molar-refractivity contribution in [1.29, 1.82) is 0 Å². The number of rotatable bonds is 77. The van der Waals surface area contributed by atoms with E-state index in [1.54, 1.807) is 0 Å². The Morgan fingerprint density at radius 1 is 0.280 bits per heavy atom. The van der Waals surface area contributed by atoms with E-state index in [0.29, 0.717) is 32.1 Å². The number of ether oxygens (including phenoxy) is 4. The van der Waals surface area contributed by atoms with Gasteiger partial charge in [0.25, 0.3) is 0 Å². The molecule has 19 heteroatoms. The number of hydrogen-bond acceptors (Lipinski definition) is 15. The smallest absolute Gasteiger partial charge is 0.462 e. The highest BCUT2D eigenvalue weighted by Gasteiger charge is 2.30. The van der Waals surface area contributed by atoms with Gasteiger partial charge >= 0.3 is 39.5 Å². The number of phosphoric acid groups is 2. The fraction of sp³-hybridized carbons (Fsp3) is 0.827. The van der Waals surface area contributed by atoms with E-state index in [4.69, 9.17) is 37.0 Å². The molecule has 100 heavy (non-hydrogen) atoms. The van der Waals surface area contributed by atoms with Crippen LogP contribution in [0.3, 0.4) is 0 Å². The Kier molecular flexibility index (Phi) is 71.6. The molecule has 0 fully saturated rings. The van der Waals surface area contributed by atoms with Crippen LogP contribution in [0.2, 0.25) is 0 Å². The maximum absolute atomic E-state index is 13.1. The molecule has 5 atom stereocenters. The van der Waals surface area contributed by atoms with Crippen molar-refractivity contribution in [3.63, 3.8) is 0 Å². The second-order valence-electron chi connectivity index (χ2n) is 27.4. The average Bonchev–Trinajstić information content (AvgIpc) is 0.965. The van der Waals surface area contributed by atoms with Gasteiger partial charge in [-0.25, -0.2) is 9.13 Å². The van der Waals surface area contributed by atoms with Gasteiger partial charge in [0.05, 0.1) is 26.4 Å². The van der Waals surface area contributed by atoms with Crippen LogP contribution >= 0.6 is 15.6 Å². The Bertz CT molecular complexity index is 2130. The van der Waals surface area contributed by atoms with E-state index in [0.717, 1.165) is 109 Å². The minimum absolute atomic E-state index is 0.0895. The first-order valence-electron chi connectivity index (χ1n) is 40.5. The number of aliphatic hydroxyl groups excluding tert-OH is 1. The van der Waals surface area contributed by atoms with Crippen molar-refractivity contribution < 1.29 is 80.2 Å². The molecule has 0 radical (unpaired) electrons. The van der Waals surface area contributed by atoms with E-state index in [1.165, 1.54) is 180 Å². The molecule has 0 bridgehead atoms. The molecule has 0 aromatic carbocycles. The van der Waals surface area contributed by atoms with Crippen molar-refractivity contribution in [2.45, 2.75) is 393 Å². The van der Waals surface area contributed by atoms with Crippen LogP contribution in [0.5, 0.6) is 0 Å². The SMILES string of the molecule is CCCCC/C=C\C/C=C\C/C=C\C/C=C\CCCC(=O)OC[C@H](COP(=O)(O)OC[C@H](O)COP(=O)(O)OC[C@@H](COC(=O)CCCCCCCCCCCCCCCCC)OC(=O)CCCCCCC/C=C\CCCCCCCC)OC(=O)CCCCCCCCCCCCCCC. The highest BCUT2D eigenvalue weighted by molar-refractivity contribution is 7.47. The van der Waals surface area contributed by atoms with Crippen LogP contribution in [0, 0.1) is 0 Å². The lowest BCUT2D eigenvalue weighted by Gasteiger charge is -2.21. The number of carbonyl (C=O) groups excluding carboxylic acids is 4. The first kappa shape index (κ1) is 96.8. The van der Waals surface area contributed by atoms with E-state index < -0.39 is 97.5 Å². The van der Waals surface area contributed by atoms with Gasteiger partial charge in [-0.05, 0) is 89.9 Å². The third-order valence-corrected chi connectivity index (χ3v) is 19.4. The highest BCUT2D eigenvalue weighted by atomic mass is 31.2. The molecule has 0 saturated heterocycles. The highest BCUT2D eigenvalue weighted by Crippen LogP contribution is 2.45. The van der Waals surface area contributed by atoms with Crippen molar-refractivity contribution in [1.82, 2.24) is 0 Å². The first-order chi connectivity index (χ1) is 48.7. The second-order valence-corrected chi connectivity index (χ2v) is 30.3. The summed E-state index contributed by atoms with van der Waals surface area (Å²) in [7, 11) is -9.95. The number of hydrogen-bond donors (Lipinski definition) is 3. The zero-order valence-electron chi connectivity index (χ0n) is 63.9. The molecule has 0 heterocycles. The molecule has 0 rings (SSSR count). The van der Waals surface area contributed by atoms with Crippen molar-refractivity contribution in [2.75, 3.05) is 39.6 Å². The third-order valence-electron chi connectivity index (χ3n) is 17.5. The van der Waals surface area contributed by atoms with Gasteiger partial charge in [-0.1, -0.05) is 320 Å². The summed E-state index contributed by atoms with van der Waals surface area (Å²) in [5.41, 5.74) is 0. The Morgan fingerprint density at radius 3 is 0.820 bits per heavy atom. The van der Waals surface area contributed by atoms with Crippen LogP contribution < -0.4 is 0 Å². The van der Waals surface area contributed by atoms with Crippen molar-refractivity contribution in [3.05, 3.63) is 60.8 Å². The quantitative estimate of drug-likeness (QED) is 0.0169. The molecule has 2 unspecified atom stereocenters. The number of allylic oxidation sites excluding steroid dienone is 10. The molecule has 3 N–H and O–H groups in total. The maximum atomic E-state index is 13.1.